The van der Waals surface area contributed by atoms with Crippen LogP contribution in [0, 0.1) is 13.8 Å². The summed E-state index contributed by atoms with van der Waals surface area (Å²) in [6.07, 6.45) is -27.5. The van der Waals surface area contributed by atoms with Gasteiger partial charge in [-0.3, -0.25) is 48.2 Å². The van der Waals surface area contributed by atoms with Crippen LogP contribution in [0.3, 0.4) is 0 Å². The highest BCUT2D eigenvalue weighted by molar-refractivity contribution is 6.36. The number of anilines is 2. The summed E-state index contributed by atoms with van der Waals surface area (Å²) in [6, 6.07) is 42.1. The Morgan fingerprint density at radius 1 is 0.350 bits per heavy atom. The summed E-state index contributed by atoms with van der Waals surface area (Å²) < 4.78 is 204. The van der Waals surface area contributed by atoms with Gasteiger partial charge in [0.2, 0.25) is 10.8 Å². The number of rotatable bonds is 21. The molecule has 2 atom stereocenters. The second-order valence-corrected chi connectivity index (χ2v) is 29.6. The van der Waals surface area contributed by atoms with Crippen LogP contribution < -0.4 is 19.3 Å². The number of halogens is 12. The Kier molecular flexibility index (Phi) is 22.9. The lowest BCUT2D eigenvalue weighted by atomic mass is 9.71. The summed E-state index contributed by atoms with van der Waals surface area (Å²) >= 11 is 0. The van der Waals surface area contributed by atoms with E-state index in [9.17, 15) is 63.3 Å². The van der Waals surface area contributed by atoms with E-state index in [2.05, 4.69) is 13.8 Å². The van der Waals surface area contributed by atoms with E-state index in [0.717, 1.165) is 60.8 Å². The Balaban J connectivity index is 0.000000212. The zero-order valence-corrected chi connectivity index (χ0v) is 64.9. The highest BCUT2D eigenvalue weighted by atomic mass is 19.4. The largest absolute Gasteiger partial charge is 0.459 e. The number of esters is 2. The number of aliphatic hydroxyl groups is 4. The minimum atomic E-state index is -6.21. The van der Waals surface area contributed by atoms with Crippen molar-refractivity contribution < 1.29 is 140 Å². The number of fused-ring (bicyclic) bond motifs is 4. The van der Waals surface area contributed by atoms with Gasteiger partial charge in [-0.1, -0.05) is 98.3 Å². The molecule has 10 aromatic rings. The molecule has 4 aliphatic heterocycles. The Labute approximate surface area is 689 Å². The number of nitrogens with zero attached hydrogens (tertiary/aromatic N) is 4. The molecule has 4 N–H and O–H groups in total. The van der Waals surface area contributed by atoms with E-state index < -0.39 is 211 Å². The molecule has 22 nitrogen and oxygen atoms in total. The van der Waals surface area contributed by atoms with E-state index in [1.165, 1.54) is 48.5 Å². The van der Waals surface area contributed by atoms with Gasteiger partial charge in [0, 0.05) is 19.5 Å². The summed E-state index contributed by atoms with van der Waals surface area (Å²) in [7, 11) is 2.04. The molecule has 2 unspecified atom stereocenters. The number of aliphatic hydroxyl groups excluding tert-OH is 4. The molecule has 634 valence electrons. The minimum absolute atomic E-state index is 0.0127. The number of benzene rings is 10. The Morgan fingerprint density at radius 2 is 0.642 bits per heavy atom. The quantitative estimate of drug-likeness (QED) is 0.0295. The Bertz CT molecular complexity index is 5980. The molecule has 4 heterocycles. The van der Waals surface area contributed by atoms with Crippen molar-refractivity contribution in [3.8, 4) is 34.1 Å². The molecule has 0 spiro atoms. The number of carbonyl (C=O) groups is 10. The second-order valence-electron chi connectivity index (χ2n) is 29.6. The van der Waals surface area contributed by atoms with Gasteiger partial charge in [-0.2, -0.15) is 52.7 Å². The molecule has 0 aromatic heterocycles. The second kappa shape index (κ2) is 32.4. The maximum absolute atomic E-state index is 15.2. The van der Waals surface area contributed by atoms with Crippen LogP contribution in [0.1, 0.15) is 162 Å². The van der Waals surface area contributed by atoms with Crippen molar-refractivity contribution in [2.24, 2.45) is 0 Å². The Morgan fingerprint density at radius 3 is 1.02 bits per heavy atom. The standard InChI is InChI=1S/C48H34F6N2O6.C41H32F6N2O12/c1-27-5-15-33(16-6-27)61-34-17-7-28(8-18-34)45(2,3)29-9-19-35(20-10-29)62-36-21-13-32(14-22-36)56-43(59)38-24-12-31(26-40(38)44(56)60)46(47(49,50)51,48(52,53)54)30-11-23-37-39(25-30)42(58)55(4)41(37)57;1-19-3-4-20(11-28(19)37(58)60-17-24(52)15-50)21-5-10-32(31(12-21)38(59)61-18-25(53)16-51)49-35(56)27-9-7-23(14-30(27)36(49)57)39(40(42,43)44,41(45,46)47)22-6-8-26-29(13-22)34(55)48(2)33(26)54/h5-26H,1-4H3;3-14,24-25,50-53H,15-18H2,1-2H3. The van der Waals surface area contributed by atoms with Crippen LogP contribution >= 0.6 is 0 Å². The van der Waals surface area contributed by atoms with Crippen molar-refractivity contribution in [3.05, 3.63) is 306 Å². The fraction of sp³-hybridized carbons (Fsp3) is 0.213. The van der Waals surface area contributed by atoms with E-state index in [4.69, 9.17) is 24.1 Å². The summed E-state index contributed by atoms with van der Waals surface area (Å²) in [5.41, 5.74) is -18.1. The zero-order chi connectivity index (χ0) is 89.4. The first kappa shape index (κ1) is 87.1. The van der Waals surface area contributed by atoms with Crippen LogP contribution in [0.2, 0.25) is 0 Å². The summed E-state index contributed by atoms with van der Waals surface area (Å²) in [5.74, 6) is -8.93. The van der Waals surface area contributed by atoms with Crippen molar-refractivity contribution in [3.63, 3.8) is 0 Å². The van der Waals surface area contributed by atoms with Crippen molar-refractivity contribution in [2.45, 2.75) is 80.9 Å². The summed E-state index contributed by atoms with van der Waals surface area (Å²) in [6.45, 7) is 4.83. The van der Waals surface area contributed by atoms with Crippen molar-refractivity contribution in [1.82, 2.24) is 9.80 Å². The van der Waals surface area contributed by atoms with Gasteiger partial charge in [-0.25, -0.2) is 19.4 Å². The molecule has 10 aromatic carbocycles. The SMILES string of the molecule is Cc1ccc(-c2ccc(N3C(=O)c4ccc(C(c5ccc6c(c5)C(=O)N(C)C6=O)(C(F)(F)F)C(F)(F)F)cc4C3=O)c(C(=O)OCC(O)CO)c2)cc1C(=O)OCC(O)CO.Cc1ccc(Oc2ccc(C(C)(C)c3ccc(Oc4ccc(N5C(=O)c6ccc(C(c7ccc8c(c7)C(=O)N(C)C8=O)(C(F)(F)F)C(F)(F)F)cc6C5=O)cc4)cc3)cc2)cc1. The molecule has 4 aliphatic rings. The maximum Gasteiger partial charge on any atom is 0.411 e. The first-order valence-corrected chi connectivity index (χ1v) is 37.0. The molecule has 0 saturated carbocycles. The number of imide groups is 4. The predicted molar refractivity (Wildman–Crippen MR) is 413 cm³/mol. The number of hydrogen-bond donors (Lipinski definition) is 4. The average Bonchev–Trinajstić information content (AvgIpc) is 1.70. The molecular formula is C89H66F12N4O18. The van der Waals surface area contributed by atoms with Crippen LogP contribution in [0.4, 0.5) is 64.1 Å². The fourth-order valence-electron chi connectivity index (χ4n) is 14.8. The van der Waals surface area contributed by atoms with Gasteiger partial charge in [0.25, 0.3) is 47.3 Å². The lowest BCUT2D eigenvalue weighted by Crippen LogP contribution is -2.55. The number of ether oxygens (including phenoxy) is 4. The van der Waals surface area contributed by atoms with Crippen LogP contribution in [0.15, 0.2) is 206 Å². The highest BCUT2D eigenvalue weighted by Gasteiger charge is 2.74. The van der Waals surface area contributed by atoms with Crippen LogP contribution in [0.25, 0.3) is 11.1 Å². The highest BCUT2D eigenvalue weighted by Crippen LogP contribution is 2.59. The van der Waals surface area contributed by atoms with Crippen LogP contribution in [0.5, 0.6) is 23.0 Å². The molecule has 14 rings (SSSR count). The molecule has 0 fully saturated rings. The minimum Gasteiger partial charge on any atom is -0.459 e. The van der Waals surface area contributed by atoms with Crippen molar-refractivity contribution in [1.29, 1.82) is 0 Å². The van der Waals surface area contributed by atoms with Crippen LogP contribution in [-0.2, 0) is 25.7 Å². The first-order chi connectivity index (χ1) is 57.8. The van der Waals surface area contributed by atoms with E-state index in [-0.39, 0.29) is 34.0 Å². The van der Waals surface area contributed by atoms with Crippen molar-refractivity contribution in [2.75, 3.05) is 50.3 Å². The Hall–Kier alpha value is -13.7. The predicted octanol–water partition coefficient (Wildman–Crippen LogP) is 15.5. The van der Waals surface area contributed by atoms with E-state index in [1.807, 2.05) is 67.6 Å². The van der Waals surface area contributed by atoms with Gasteiger partial charge in [0.1, 0.15) is 48.4 Å². The monoisotopic (exact) mass is 1710 g/mol. The number of alkyl halides is 12. The molecule has 8 amide bonds. The molecular weight excluding hydrogens is 1640 g/mol. The van der Waals surface area contributed by atoms with Gasteiger partial charge < -0.3 is 39.4 Å². The third kappa shape index (κ3) is 15.4. The summed E-state index contributed by atoms with van der Waals surface area (Å²) in [4.78, 5) is 134. The third-order valence-electron chi connectivity index (χ3n) is 21.6. The number of amides is 8. The van der Waals surface area contributed by atoms with Crippen LogP contribution in [-0.4, -0.2) is 167 Å². The van der Waals surface area contributed by atoms with Gasteiger partial charge in [0.15, 0.2) is 0 Å². The lowest BCUT2D eigenvalue weighted by Gasteiger charge is -2.38. The third-order valence-corrected chi connectivity index (χ3v) is 21.6. The lowest BCUT2D eigenvalue weighted by molar-refractivity contribution is -0.290. The fourth-order valence-corrected chi connectivity index (χ4v) is 14.8. The molecule has 34 heteroatoms. The normalized spacial score (nSPS) is 14.8. The first-order valence-electron chi connectivity index (χ1n) is 37.0. The van der Waals surface area contributed by atoms with Gasteiger partial charge in [-0.15, -0.1) is 0 Å². The maximum atomic E-state index is 15.2. The summed E-state index contributed by atoms with van der Waals surface area (Å²) in [5, 5.41) is 37.7. The zero-order valence-electron chi connectivity index (χ0n) is 64.9. The molecule has 0 aliphatic carbocycles. The van der Waals surface area contributed by atoms with E-state index in [0.29, 0.717) is 97.0 Å². The molecule has 0 radical (unpaired) electrons. The number of carbonyl (C=O) groups excluding carboxylic acids is 10. The van der Waals surface area contributed by atoms with E-state index in [1.54, 1.807) is 19.1 Å². The number of aryl methyl sites for hydroxylation is 2. The topological polar surface area (TPSA) is 301 Å². The van der Waals surface area contributed by atoms with Crippen molar-refractivity contribution >= 4 is 70.6 Å². The average molecular weight is 1710 g/mol. The molecule has 123 heavy (non-hydrogen) atoms. The number of hydrogen-bond acceptors (Lipinski definition) is 18. The van der Waals surface area contributed by atoms with E-state index >= 15 is 52.7 Å². The van der Waals surface area contributed by atoms with Gasteiger partial charge in [-0.05, 0) is 191 Å². The molecule has 0 saturated heterocycles. The smallest absolute Gasteiger partial charge is 0.411 e. The van der Waals surface area contributed by atoms with Gasteiger partial charge in [0.05, 0.1) is 80.2 Å². The molecule has 0 bridgehead atoms. The van der Waals surface area contributed by atoms with Gasteiger partial charge >= 0.3 is 36.6 Å².